The normalized spacial score (nSPS) is 18.2. The molecule has 0 bridgehead atoms. The highest BCUT2D eigenvalue weighted by molar-refractivity contribution is 6.05. The molecule has 1 heterocycles. The highest BCUT2D eigenvalue weighted by Gasteiger charge is 2.07. The van der Waals surface area contributed by atoms with E-state index in [0.717, 1.165) is 5.57 Å². The average molecular weight is 122 g/mol. The highest BCUT2D eigenvalue weighted by atomic mass is 16.2. The van der Waals surface area contributed by atoms with Gasteiger partial charge in [0.1, 0.15) is 0 Å². The van der Waals surface area contributed by atoms with Gasteiger partial charge in [-0.15, -0.1) is 0 Å². The van der Waals surface area contributed by atoms with E-state index in [1.165, 1.54) is 0 Å². The Morgan fingerprint density at radius 3 is 2.56 bits per heavy atom. The monoisotopic (exact) mass is 122 g/mol. The summed E-state index contributed by atoms with van der Waals surface area (Å²) < 4.78 is 0. The Morgan fingerprint density at radius 1 is 1.44 bits per heavy atom. The summed E-state index contributed by atoms with van der Waals surface area (Å²) in [5, 5.41) is 3.35. The molecular formula is C6H6N2O. The van der Waals surface area contributed by atoms with Crippen LogP contribution in [0.1, 0.15) is 13.8 Å². The fourth-order valence-electron chi connectivity index (χ4n) is 0.465. The van der Waals surface area contributed by atoms with Gasteiger partial charge in [0, 0.05) is 5.71 Å². The van der Waals surface area contributed by atoms with Crippen molar-refractivity contribution in [2.75, 3.05) is 0 Å². The minimum Gasteiger partial charge on any atom is -0.244 e. The van der Waals surface area contributed by atoms with Crippen LogP contribution in [0.2, 0.25) is 0 Å². The van der Waals surface area contributed by atoms with Crippen LogP contribution in [0.3, 0.4) is 0 Å². The number of nitrogens with zero attached hydrogens (tertiary/aromatic N) is 2. The number of aliphatic imine (C=N–C) groups is 1. The second-order valence-electron chi connectivity index (χ2n) is 1.83. The van der Waals surface area contributed by atoms with Crippen molar-refractivity contribution in [2.24, 2.45) is 4.99 Å². The van der Waals surface area contributed by atoms with Crippen LogP contribution < -0.4 is 5.32 Å². The van der Waals surface area contributed by atoms with Crippen LogP contribution in [0, 0.1) is 6.20 Å². The molecule has 0 fully saturated rings. The van der Waals surface area contributed by atoms with Crippen molar-refractivity contribution in [3.63, 3.8) is 0 Å². The molecule has 0 aliphatic carbocycles. The second-order valence-corrected chi connectivity index (χ2v) is 1.83. The van der Waals surface area contributed by atoms with Gasteiger partial charge < -0.3 is 0 Å². The number of hydrogen-bond donors (Lipinski definition) is 0. The van der Waals surface area contributed by atoms with Crippen LogP contribution in [-0.2, 0) is 0 Å². The number of carbonyl (C=O) groups is 1. The minimum atomic E-state index is -0.460. The molecule has 46 valence electrons. The number of rotatable bonds is 0. The van der Waals surface area contributed by atoms with Gasteiger partial charge in [-0.2, -0.15) is 10.3 Å². The van der Waals surface area contributed by atoms with Gasteiger partial charge in [0.2, 0.25) is 0 Å². The average Bonchev–Trinajstić information content (AvgIpc) is 1.80. The quantitative estimate of drug-likeness (QED) is 0.470. The first-order valence-electron chi connectivity index (χ1n) is 2.60. The number of amides is 2. The standard InChI is InChI=1S/C6H6N2O/c1-4-3-7-6(9)8-5(4)2/h1-2H3. The van der Waals surface area contributed by atoms with Crippen LogP contribution in [0.4, 0.5) is 4.79 Å². The Labute approximate surface area is 53.5 Å². The van der Waals surface area contributed by atoms with Crippen molar-refractivity contribution < 1.29 is 4.79 Å². The van der Waals surface area contributed by atoms with E-state index < -0.39 is 6.03 Å². The first kappa shape index (κ1) is 6.01. The van der Waals surface area contributed by atoms with Gasteiger partial charge in [-0.1, -0.05) is 0 Å². The number of hydrogen-bond acceptors (Lipinski definition) is 1. The summed E-state index contributed by atoms with van der Waals surface area (Å²) in [7, 11) is 0. The molecule has 0 N–H and O–H groups in total. The van der Waals surface area contributed by atoms with Crippen molar-refractivity contribution in [2.45, 2.75) is 13.8 Å². The molecule has 3 nitrogen and oxygen atoms in total. The molecule has 0 saturated carbocycles. The fourth-order valence-corrected chi connectivity index (χ4v) is 0.465. The SMILES string of the molecule is CC1=[C][N]C(=O)N=C1C. The van der Waals surface area contributed by atoms with Crippen LogP contribution in [0.15, 0.2) is 10.6 Å². The number of allylic oxidation sites excluding steroid dienone is 1. The Bertz CT molecular complexity index is 203. The third kappa shape index (κ3) is 1.16. The second kappa shape index (κ2) is 2.01. The zero-order chi connectivity index (χ0) is 6.85. The van der Waals surface area contributed by atoms with E-state index in [9.17, 15) is 4.79 Å². The zero-order valence-electron chi connectivity index (χ0n) is 5.30. The Kier molecular flexibility index (Phi) is 1.34. The van der Waals surface area contributed by atoms with Gasteiger partial charge >= 0.3 is 6.03 Å². The maximum absolute atomic E-state index is 10.4. The summed E-state index contributed by atoms with van der Waals surface area (Å²) in [5.41, 5.74) is 1.53. The molecule has 2 radical (unpaired) electrons. The van der Waals surface area contributed by atoms with E-state index in [1.54, 1.807) is 6.92 Å². The molecule has 9 heavy (non-hydrogen) atoms. The summed E-state index contributed by atoms with van der Waals surface area (Å²) in [5.74, 6) is 0. The number of urea groups is 1. The van der Waals surface area contributed by atoms with E-state index in [1.807, 2.05) is 6.92 Å². The third-order valence-electron chi connectivity index (χ3n) is 1.13. The maximum atomic E-state index is 10.4. The van der Waals surface area contributed by atoms with Crippen molar-refractivity contribution in [1.82, 2.24) is 5.32 Å². The molecule has 0 atom stereocenters. The lowest BCUT2D eigenvalue weighted by atomic mass is 10.2. The van der Waals surface area contributed by atoms with Crippen molar-refractivity contribution in [3.8, 4) is 0 Å². The molecule has 1 rings (SSSR count). The third-order valence-corrected chi connectivity index (χ3v) is 1.13. The molecule has 0 aromatic carbocycles. The summed E-state index contributed by atoms with van der Waals surface area (Å²) >= 11 is 0. The van der Waals surface area contributed by atoms with Gasteiger partial charge in [-0.25, -0.2) is 4.79 Å². The lowest BCUT2D eigenvalue weighted by Gasteiger charge is -2.02. The summed E-state index contributed by atoms with van der Waals surface area (Å²) in [6.07, 6.45) is 2.54. The molecule has 0 saturated heterocycles. The first-order chi connectivity index (χ1) is 4.20. The van der Waals surface area contributed by atoms with Gasteiger partial charge in [-0.05, 0) is 19.4 Å². The summed E-state index contributed by atoms with van der Waals surface area (Å²) in [4.78, 5) is 14.0. The van der Waals surface area contributed by atoms with Crippen LogP contribution >= 0.6 is 0 Å². The van der Waals surface area contributed by atoms with E-state index in [2.05, 4.69) is 16.5 Å². The Hall–Kier alpha value is -1.12. The van der Waals surface area contributed by atoms with Crippen LogP contribution in [-0.4, -0.2) is 11.7 Å². The topological polar surface area (TPSA) is 43.5 Å². The molecule has 0 aromatic heterocycles. The van der Waals surface area contributed by atoms with Gasteiger partial charge in [-0.3, -0.25) is 0 Å². The first-order valence-corrected chi connectivity index (χ1v) is 2.60. The molecule has 1 aliphatic rings. The smallest absolute Gasteiger partial charge is 0.244 e. The largest absolute Gasteiger partial charge is 0.367 e. The van der Waals surface area contributed by atoms with E-state index >= 15 is 0 Å². The van der Waals surface area contributed by atoms with Gasteiger partial charge in [0.25, 0.3) is 0 Å². The predicted molar refractivity (Wildman–Crippen MR) is 33.1 cm³/mol. The predicted octanol–water partition coefficient (Wildman–Crippen LogP) is 0.892. The molecule has 0 unspecified atom stereocenters. The van der Waals surface area contributed by atoms with E-state index in [0.29, 0.717) is 5.71 Å². The maximum Gasteiger partial charge on any atom is 0.367 e. The lowest BCUT2D eigenvalue weighted by Crippen LogP contribution is -2.15. The summed E-state index contributed by atoms with van der Waals surface area (Å²) in [6.45, 7) is 3.57. The Morgan fingerprint density at radius 2 is 2.11 bits per heavy atom. The Balaban J connectivity index is 2.87. The zero-order valence-corrected chi connectivity index (χ0v) is 5.30. The molecular weight excluding hydrogens is 116 g/mol. The van der Waals surface area contributed by atoms with E-state index in [4.69, 9.17) is 0 Å². The lowest BCUT2D eigenvalue weighted by molar-refractivity contribution is 0.251. The van der Waals surface area contributed by atoms with Crippen molar-refractivity contribution >= 4 is 11.7 Å². The molecule has 0 spiro atoms. The fraction of sp³-hybridized carbons (Fsp3) is 0.333. The van der Waals surface area contributed by atoms with Crippen molar-refractivity contribution in [3.05, 3.63) is 11.8 Å². The van der Waals surface area contributed by atoms with Gasteiger partial charge in [0.15, 0.2) is 0 Å². The van der Waals surface area contributed by atoms with Gasteiger partial charge in [0.05, 0.1) is 6.20 Å². The summed E-state index contributed by atoms with van der Waals surface area (Å²) in [6, 6.07) is -0.460. The van der Waals surface area contributed by atoms with E-state index in [-0.39, 0.29) is 0 Å². The molecule has 0 aromatic rings. The van der Waals surface area contributed by atoms with Crippen molar-refractivity contribution in [1.29, 1.82) is 0 Å². The highest BCUT2D eigenvalue weighted by Crippen LogP contribution is 2.00. The molecule has 3 heteroatoms. The van der Waals surface area contributed by atoms with Crippen LogP contribution in [0.25, 0.3) is 0 Å². The molecule has 1 aliphatic heterocycles. The minimum absolute atomic E-state index is 0.460. The van der Waals surface area contributed by atoms with Crippen LogP contribution in [0.5, 0.6) is 0 Å². The molecule has 2 amide bonds. The number of carbonyl (C=O) groups excluding carboxylic acids is 1.